The highest BCUT2D eigenvalue weighted by molar-refractivity contribution is 6.22. The van der Waals surface area contributed by atoms with Gasteiger partial charge < -0.3 is 9.73 Å². The van der Waals surface area contributed by atoms with Crippen molar-refractivity contribution in [1.29, 1.82) is 0 Å². The molecule has 7 aromatic carbocycles. The fourth-order valence-corrected chi connectivity index (χ4v) is 5.79. The highest BCUT2D eigenvalue weighted by Gasteiger charge is 2.15. The summed E-state index contributed by atoms with van der Waals surface area (Å²) in [5.41, 5.74) is 6.26. The number of anilines is 2. The second-order valence-corrected chi connectivity index (χ2v) is 9.88. The normalized spacial score (nSPS) is 11.7. The molecule has 1 aromatic heterocycles. The average Bonchev–Trinajstić information content (AvgIpc) is 3.37. The van der Waals surface area contributed by atoms with Crippen molar-refractivity contribution < 1.29 is 4.42 Å². The summed E-state index contributed by atoms with van der Waals surface area (Å²) in [7, 11) is 0. The van der Waals surface area contributed by atoms with E-state index in [4.69, 9.17) is 4.42 Å². The summed E-state index contributed by atoms with van der Waals surface area (Å²) in [4.78, 5) is 0. The summed E-state index contributed by atoms with van der Waals surface area (Å²) in [5.74, 6) is 0. The first-order valence-corrected chi connectivity index (χ1v) is 12.9. The first-order valence-electron chi connectivity index (χ1n) is 12.9. The Morgan fingerprint density at radius 2 is 1.21 bits per heavy atom. The maximum absolute atomic E-state index is 6.41. The molecule has 0 atom stereocenters. The van der Waals surface area contributed by atoms with Crippen molar-refractivity contribution in [2.45, 2.75) is 0 Å². The van der Waals surface area contributed by atoms with Gasteiger partial charge in [-0.3, -0.25) is 0 Å². The molecule has 2 nitrogen and oxygen atoms in total. The van der Waals surface area contributed by atoms with Gasteiger partial charge in [0.2, 0.25) is 0 Å². The minimum atomic E-state index is 0.884. The van der Waals surface area contributed by atoms with Crippen LogP contribution in [0, 0.1) is 0 Å². The topological polar surface area (TPSA) is 25.2 Å². The Hall–Kier alpha value is -5.08. The van der Waals surface area contributed by atoms with E-state index >= 15 is 0 Å². The lowest BCUT2D eigenvalue weighted by atomic mass is 9.96. The molecule has 178 valence electrons. The third-order valence-electron chi connectivity index (χ3n) is 7.59. The van der Waals surface area contributed by atoms with Crippen LogP contribution in [0.4, 0.5) is 11.4 Å². The Labute approximate surface area is 219 Å². The second-order valence-electron chi connectivity index (χ2n) is 9.88. The fraction of sp³-hybridized carbons (Fsp3) is 0. The molecule has 0 saturated carbocycles. The molecule has 0 amide bonds. The summed E-state index contributed by atoms with van der Waals surface area (Å²) in [5, 5.41) is 13.3. The van der Waals surface area contributed by atoms with Gasteiger partial charge in [-0.2, -0.15) is 0 Å². The molecule has 8 rings (SSSR count). The molecule has 1 N–H and O–H groups in total. The van der Waals surface area contributed by atoms with Crippen LogP contribution in [-0.4, -0.2) is 0 Å². The van der Waals surface area contributed by atoms with Crippen molar-refractivity contribution in [3.05, 3.63) is 133 Å². The van der Waals surface area contributed by atoms with E-state index < -0.39 is 0 Å². The van der Waals surface area contributed by atoms with Gasteiger partial charge in [0.25, 0.3) is 0 Å². The van der Waals surface area contributed by atoms with Crippen LogP contribution >= 0.6 is 0 Å². The first-order chi connectivity index (χ1) is 18.8. The maximum atomic E-state index is 6.41. The van der Waals surface area contributed by atoms with Gasteiger partial charge in [-0.15, -0.1) is 0 Å². The zero-order valence-corrected chi connectivity index (χ0v) is 20.6. The van der Waals surface area contributed by atoms with Gasteiger partial charge in [-0.05, 0) is 73.8 Å². The number of furan rings is 1. The largest absolute Gasteiger partial charge is 0.454 e. The number of fused-ring (bicyclic) bond motifs is 7. The van der Waals surface area contributed by atoms with E-state index in [1.807, 2.05) is 12.1 Å². The minimum absolute atomic E-state index is 0.884. The zero-order chi connectivity index (χ0) is 25.1. The molecular weight excluding hydrogens is 462 g/mol. The summed E-state index contributed by atoms with van der Waals surface area (Å²) in [6.07, 6.45) is 0. The molecule has 0 radical (unpaired) electrons. The van der Waals surface area contributed by atoms with E-state index in [0.29, 0.717) is 0 Å². The Bertz CT molecular complexity index is 2160. The molecule has 38 heavy (non-hydrogen) atoms. The van der Waals surface area contributed by atoms with E-state index in [1.54, 1.807) is 0 Å². The molecule has 0 spiro atoms. The van der Waals surface area contributed by atoms with Crippen molar-refractivity contribution in [3.63, 3.8) is 0 Å². The minimum Gasteiger partial charge on any atom is -0.454 e. The number of para-hydroxylation sites is 1. The third kappa shape index (κ3) is 3.28. The van der Waals surface area contributed by atoms with Gasteiger partial charge in [0.05, 0.1) is 5.69 Å². The number of hydrogen-bond acceptors (Lipinski definition) is 2. The SMILES string of the molecule is c1ccc2c(-c3ccc4ccc(Nc5cc6ccccc6c6c5oc5ccccc56)cc4c3)cccc2c1. The molecule has 0 bridgehead atoms. The standard InChI is InChI=1S/C36H23NO/c1-3-11-29-24(8-1)10-7-14-30(29)26-17-16-23-18-19-28(21-27(23)20-26)37-33-22-25-9-2-4-12-31(25)35-32-13-5-6-15-34(32)38-36(33)35/h1-22,37H. The summed E-state index contributed by atoms with van der Waals surface area (Å²) >= 11 is 0. The molecule has 0 aliphatic heterocycles. The third-order valence-corrected chi connectivity index (χ3v) is 7.59. The van der Waals surface area contributed by atoms with Crippen LogP contribution in [0.15, 0.2) is 138 Å². The van der Waals surface area contributed by atoms with Crippen LogP contribution in [0.3, 0.4) is 0 Å². The Morgan fingerprint density at radius 1 is 0.474 bits per heavy atom. The molecule has 0 unspecified atom stereocenters. The van der Waals surface area contributed by atoms with E-state index in [9.17, 15) is 0 Å². The summed E-state index contributed by atoms with van der Waals surface area (Å²) in [6, 6.07) is 47.4. The van der Waals surface area contributed by atoms with Crippen LogP contribution in [0.25, 0.3) is 65.4 Å². The lowest BCUT2D eigenvalue weighted by molar-refractivity contribution is 0.670. The first kappa shape index (κ1) is 21.0. The summed E-state index contributed by atoms with van der Waals surface area (Å²) in [6.45, 7) is 0. The van der Waals surface area contributed by atoms with Crippen LogP contribution < -0.4 is 5.32 Å². The Balaban J connectivity index is 1.27. The molecule has 0 aliphatic carbocycles. The summed E-state index contributed by atoms with van der Waals surface area (Å²) < 4.78 is 6.41. The van der Waals surface area contributed by atoms with Crippen LogP contribution in [0.2, 0.25) is 0 Å². The smallest absolute Gasteiger partial charge is 0.159 e. The van der Waals surface area contributed by atoms with E-state index in [-0.39, 0.29) is 0 Å². The van der Waals surface area contributed by atoms with Crippen LogP contribution in [0.5, 0.6) is 0 Å². The molecule has 8 aromatic rings. The highest BCUT2D eigenvalue weighted by atomic mass is 16.3. The van der Waals surface area contributed by atoms with Gasteiger partial charge in [0, 0.05) is 16.5 Å². The predicted octanol–water partition coefficient (Wildman–Crippen LogP) is 10.5. The van der Waals surface area contributed by atoms with Crippen molar-refractivity contribution in [3.8, 4) is 11.1 Å². The van der Waals surface area contributed by atoms with Crippen molar-refractivity contribution in [2.24, 2.45) is 0 Å². The maximum Gasteiger partial charge on any atom is 0.159 e. The Morgan fingerprint density at radius 3 is 2.13 bits per heavy atom. The molecule has 1 heterocycles. The van der Waals surface area contributed by atoms with Gasteiger partial charge in [0.1, 0.15) is 5.58 Å². The van der Waals surface area contributed by atoms with Crippen LogP contribution in [-0.2, 0) is 0 Å². The number of hydrogen-bond donors (Lipinski definition) is 1. The molecular formula is C36H23NO. The van der Waals surface area contributed by atoms with E-state index in [0.717, 1.165) is 33.3 Å². The van der Waals surface area contributed by atoms with Crippen molar-refractivity contribution in [2.75, 3.05) is 5.32 Å². The quantitative estimate of drug-likeness (QED) is 0.269. The van der Waals surface area contributed by atoms with Gasteiger partial charge >= 0.3 is 0 Å². The Kier molecular flexibility index (Phi) is 4.55. The molecule has 0 aliphatic rings. The van der Waals surface area contributed by atoms with Gasteiger partial charge in [0.15, 0.2) is 5.58 Å². The highest BCUT2D eigenvalue weighted by Crippen LogP contribution is 2.40. The van der Waals surface area contributed by atoms with E-state index in [2.05, 4.69) is 127 Å². The lowest BCUT2D eigenvalue weighted by Gasteiger charge is -2.12. The number of nitrogens with one attached hydrogen (secondary N) is 1. The molecule has 2 heteroatoms. The van der Waals surface area contributed by atoms with Crippen molar-refractivity contribution in [1.82, 2.24) is 0 Å². The monoisotopic (exact) mass is 485 g/mol. The second kappa shape index (κ2) is 8.22. The fourth-order valence-electron chi connectivity index (χ4n) is 5.79. The number of rotatable bonds is 3. The molecule has 0 fully saturated rings. The van der Waals surface area contributed by atoms with E-state index in [1.165, 1.54) is 43.4 Å². The molecule has 0 saturated heterocycles. The van der Waals surface area contributed by atoms with Crippen molar-refractivity contribution >= 4 is 65.6 Å². The van der Waals surface area contributed by atoms with Crippen LogP contribution in [0.1, 0.15) is 0 Å². The van der Waals surface area contributed by atoms with Gasteiger partial charge in [-0.25, -0.2) is 0 Å². The average molecular weight is 486 g/mol. The van der Waals surface area contributed by atoms with Gasteiger partial charge in [-0.1, -0.05) is 103 Å². The lowest BCUT2D eigenvalue weighted by Crippen LogP contribution is -1.92. The predicted molar refractivity (Wildman–Crippen MR) is 161 cm³/mol. The zero-order valence-electron chi connectivity index (χ0n) is 20.6. The number of benzene rings is 7.